The first-order chi connectivity index (χ1) is 11.1. The van der Waals surface area contributed by atoms with E-state index in [-0.39, 0.29) is 16.3 Å². The van der Waals surface area contributed by atoms with Gasteiger partial charge in [0.15, 0.2) is 0 Å². The fourth-order valence-corrected chi connectivity index (χ4v) is 4.16. The van der Waals surface area contributed by atoms with E-state index in [4.69, 9.17) is 28.3 Å². The molecule has 0 heterocycles. The molecule has 10 heteroatoms. The van der Waals surface area contributed by atoms with E-state index in [9.17, 15) is 16.8 Å². The first-order valence-electron chi connectivity index (χ1n) is 6.66. The Bertz CT molecular complexity index is 960. The maximum absolute atomic E-state index is 12.2. The zero-order valence-electron chi connectivity index (χ0n) is 12.2. The molecule has 3 N–H and O–H groups in total. The van der Waals surface area contributed by atoms with Crippen molar-refractivity contribution in [3.05, 3.63) is 58.1 Å². The Hall–Kier alpha value is -1.16. The summed E-state index contributed by atoms with van der Waals surface area (Å²) in [5, 5.41) is 5.94. The summed E-state index contributed by atoms with van der Waals surface area (Å²) in [6, 6.07) is 9.77. The molecule has 0 fully saturated rings. The molecule has 0 bridgehead atoms. The van der Waals surface area contributed by atoms with E-state index in [2.05, 4.69) is 4.72 Å². The van der Waals surface area contributed by atoms with Crippen LogP contribution in [0.3, 0.4) is 0 Å². The summed E-state index contributed by atoms with van der Waals surface area (Å²) < 4.78 is 49.5. The topological polar surface area (TPSA) is 106 Å². The summed E-state index contributed by atoms with van der Waals surface area (Å²) in [7, 11) is -7.85. The Morgan fingerprint density at radius 2 is 1.62 bits per heavy atom. The van der Waals surface area contributed by atoms with Crippen molar-refractivity contribution in [1.82, 2.24) is 4.72 Å². The minimum absolute atomic E-state index is 0.0866. The minimum atomic E-state index is -3.98. The van der Waals surface area contributed by atoms with Crippen LogP contribution in [0.25, 0.3) is 0 Å². The van der Waals surface area contributed by atoms with Crippen molar-refractivity contribution in [3.8, 4) is 0 Å². The minimum Gasteiger partial charge on any atom is -0.225 e. The molecule has 0 unspecified atom stereocenters. The summed E-state index contributed by atoms with van der Waals surface area (Å²) in [5.41, 5.74) is 0.738. The van der Waals surface area contributed by atoms with E-state index >= 15 is 0 Å². The highest BCUT2D eigenvalue weighted by molar-refractivity contribution is 7.90. The summed E-state index contributed by atoms with van der Waals surface area (Å²) in [6.07, 6.45) is 0.351. The van der Waals surface area contributed by atoms with Crippen molar-refractivity contribution in [2.24, 2.45) is 5.14 Å². The van der Waals surface area contributed by atoms with Crippen LogP contribution in [-0.4, -0.2) is 23.4 Å². The third-order valence-electron chi connectivity index (χ3n) is 3.15. The zero-order chi connectivity index (χ0) is 18.0. The Labute approximate surface area is 150 Å². The molecule has 0 aliphatic carbocycles. The molecule has 0 saturated carbocycles. The van der Waals surface area contributed by atoms with Gasteiger partial charge in [-0.15, -0.1) is 0 Å². The van der Waals surface area contributed by atoms with Crippen LogP contribution in [0.15, 0.2) is 52.3 Å². The zero-order valence-corrected chi connectivity index (χ0v) is 15.4. The lowest BCUT2D eigenvalue weighted by molar-refractivity contribution is 0.581. The van der Waals surface area contributed by atoms with Gasteiger partial charge < -0.3 is 0 Å². The SMILES string of the molecule is NS(=O)(=O)c1cccc(S(=O)(=O)NCCc2ccc(Cl)cc2Cl)c1. The number of nitrogens with two attached hydrogens (primary N) is 1. The van der Waals surface area contributed by atoms with E-state index in [0.29, 0.717) is 16.5 Å². The van der Waals surface area contributed by atoms with Crippen LogP contribution in [0.4, 0.5) is 0 Å². The number of hydrogen-bond acceptors (Lipinski definition) is 4. The first kappa shape index (κ1) is 19.2. The van der Waals surface area contributed by atoms with Crippen LogP contribution in [0, 0.1) is 0 Å². The van der Waals surface area contributed by atoms with Crippen LogP contribution in [0.1, 0.15) is 5.56 Å². The van der Waals surface area contributed by atoms with Gasteiger partial charge in [-0.2, -0.15) is 0 Å². The molecule has 2 aromatic carbocycles. The highest BCUT2D eigenvalue weighted by Gasteiger charge is 2.17. The number of primary sulfonamides is 1. The van der Waals surface area contributed by atoms with Crippen LogP contribution in [0.5, 0.6) is 0 Å². The van der Waals surface area contributed by atoms with Crippen molar-refractivity contribution in [2.45, 2.75) is 16.2 Å². The van der Waals surface area contributed by atoms with E-state index in [0.717, 1.165) is 11.6 Å². The van der Waals surface area contributed by atoms with Crippen LogP contribution in [0.2, 0.25) is 10.0 Å². The van der Waals surface area contributed by atoms with Gasteiger partial charge in [-0.05, 0) is 42.3 Å². The highest BCUT2D eigenvalue weighted by atomic mass is 35.5. The average Bonchev–Trinajstić information content (AvgIpc) is 2.49. The van der Waals surface area contributed by atoms with E-state index in [1.807, 2.05) is 0 Å². The van der Waals surface area contributed by atoms with Crippen LogP contribution in [-0.2, 0) is 26.5 Å². The van der Waals surface area contributed by atoms with Gasteiger partial charge in [0, 0.05) is 16.6 Å². The van der Waals surface area contributed by atoms with Gasteiger partial charge in [0.2, 0.25) is 20.0 Å². The largest absolute Gasteiger partial charge is 0.240 e. The number of hydrogen-bond donors (Lipinski definition) is 2. The van der Waals surface area contributed by atoms with Crippen molar-refractivity contribution in [2.75, 3.05) is 6.54 Å². The molecule has 130 valence electrons. The molecule has 6 nitrogen and oxygen atoms in total. The lowest BCUT2D eigenvalue weighted by atomic mass is 10.1. The van der Waals surface area contributed by atoms with Crippen molar-refractivity contribution in [1.29, 1.82) is 0 Å². The maximum atomic E-state index is 12.2. The number of sulfonamides is 2. The second kappa shape index (κ2) is 7.38. The normalized spacial score (nSPS) is 12.3. The molecule has 2 aromatic rings. The fourth-order valence-electron chi connectivity index (χ4n) is 1.95. The maximum Gasteiger partial charge on any atom is 0.240 e. The average molecular weight is 409 g/mol. The molecule has 0 aromatic heterocycles. The third-order valence-corrected chi connectivity index (χ3v) is 6.10. The summed E-state index contributed by atoms with van der Waals surface area (Å²) >= 11 is 11.8. The number of rotatable bonds is 6. The lowest BCUT2D eigenvalue weighted by Gasteiger charge is -2.09. The predicted molar refractivity (Wildman–Crippen MR) is 93.2 cm³/mol. The standard InChI is InChI=1S/C14H14Cl2N2O4S2/c15-11-5-4-10(14(16)8-11)6-7-18-24(21,22)13-3-1-2-12(9-13)23(17,19)20/h1-5,8-9,18H,6-7H2,(H2,17,19,20). The van der Waals surface area contributed by atoms with Gasteiger partial charge in [-0.25, -0.2) is 26.7 Å². The molecule has 0 aliphatic rings. The monoisotopic (exact) mass is 408 g/mol. The van der Waals surface area contributed by atoms with E-state index < -0.39 is 20.0 Å². The predicted octanol–water partition coefficient (Wildman–Crippen LogP) is 2.16. The Morgan fingerprint density at radius 1 is 0.958 bits per heavy atom. The number of nitrogens with one attached hydrogen (secondary N) is 1. The Morgan fingerprint density at radius 3 is 2.25 bits per heavy atom. The summed E-state index contributed by atoms with van der Waals surface area (Å²) in [6.45, 7) is 0.0866. The summed E-state index contributed by atoms with van der Waals surface area (Å²) in [4.78, 5) is -0.456. The smallest absolute Gasteiger partial charge is 0.225 e. The van der Waals surface area contributed by atoms with Crippen LogP contribution < -0.4 is 9.86 Å². The molecule has 0 amide bonds. The fraction of sp³-hybridized carbons (Fsp3) is 0.143. The van der Waals surface area contributed by atoms with E-state index in [1.165, 1.54) is 18.2 Å². The van der Waals surface area contributed by atoms with Crippen molar-refractivity contribution < 1.29 is 16.8 Å². The van der Waals surface area contributed by atoms with Crippen molar-refractivity contribution in [3.63, 3.8) is 0 Å². The molecule has 24 heavy (non-hydrogen) atoms. The third kappa shape index (κ3) is 4.92. The molecule has 0 aliphatic heterocycles. The molecule has 0 spiro atoms. The van der Waals surface area contributed by atoms with Gasteiger partial charge in [0.25, 0.3) is 0 Å². The number of benzene rings is 2. The number of halogens is 2. The molecular weight excluding hydrogens is 395 g/mol. The highest BCUT2D eigenvalue weighted by Crippen LogP contribution is 2.21. The summed E-state index contributed by atoms with van der Waals surface area (Å²) in [5.74, 6) is 0. The molecule has 0 radical (unpaired) electrons. The second-order valence-electron chi connectivity index (χ2n) is 4.90. The Balaban J connectivity index is 2.12. The lowest BCUT2D eigenvalue weighted by Crippen LogP contribution is -2.26. The Kier molecular flexibility index (Phi) is 5.90. The quantitative estimate of drug-likeness (QED) is 0.763. The van der Waals surface area contributed by atoms with Crippen molar-refractivity contribution >= 4 is 43.2 Å². The van der Waals surface area contributed by atoms with Gasteiger partial charge in [-0.3, -0.25) is 0 Å². The first-order valence-corrected chi connectivity index (χ1v) is 10.4. The molecular formula is C14H14Cl2N2O4S2. The van der Waals surface area contributed by atoms with Gasteiger partial charge in [-0.1, -0.05) is 35.3 Å². The van der Waals surface area contributed by atoms with Crippen LogP contribution >= 0.6 is 23.2 Å². The molecule has 2 rings (SSSR count). The molecule has 0 saturated heterocycles. The molecule has 0 atom stereocenters. The van der Waals surface area contributed by atoms with Gasteiger partial charge >= 0.3 is 0 Å². The van der Waals surface area contributed by atoms with Gasteiger partial charge in [0.1, 0.15) is 0 Å². The second-order valence-corrected chi connectivity index (χ2v) is 9.08. The van der Waals surface area contributed by atoms with Gasteiger partial charge in [0.05, 0.1) is 9.79 Å². The van der Waals surface area contributed by atoms with E-state index in [1.54, 1.807) is 18.2 Å².